The number of halogens is 1. The lowest BCUT2D eigenvalue weighted by Gasteiger charge is -2.30. The molecule has 1 amide bonds. The van der Waals surface area contributed by atoms with Crippen LogP contribution >= 0.6 is 11.8 Å². The van der Waals surface area contributed by atoms with Crippen molar-refractivity contribution in [1.29, 1.82) is 0 Å². The maximum absolute atomic E-state index is 10.2. The summed E-state index contributed by atoms with van der Waals surface area (Å²) < 4.78 is 1.22. The smallest absolute Gasteiger partial charge is 0.239 e. The number of hydrogen-bond acceptors (Lipinski definition) is 1. The first kappa shape index (κ1) is 4.91. The number of hydrogen-bond donors (Lipinski definition) is 0. The molecule has 0 saturated carbocycles. The molecule has 1 aliphatic heterocycles. The molecule has 1 atom stereocenters. The molecular formula is C4H6ClNO. The van der Waals surface area contributed by atoms with Gasteiger partial charge >= 0.3 is 0 Å². The summed E-state index contributed by atoms with van der Waals surface area (Å²) in [6.07, 6.45) is 0.615. The Hall–Kier alpha value is -0.240. The first-order valence-electron chi connectivity index (χ1n) is 2.19. The number of carbonyl (C=O) groups is 1. The molecule has 1 fully saturated rings. The molecule has 0 aliphatic carbocycles. The van der Waals surface area contributed by atoms with Gasteiger partial charge in [-0.15, -0.1) is 0 Å². The SMILES string of the molecule is C[C@@H]1CC(=O)N1Cl. The first-order valence-corrected chi connectivity index (χ1v) is 2.53. The van der Waals surface area contributed by atoms with Crippen molar-refractivity contribution in [3.05, 3.63) is 0 Å². The number of carbonyl (C=O) groups excluding carboxylic acids is 1. The fourth-order valence-corrected chi connectivity index (χ4v) is 0.691. The van der Waals surface area contributed by atoms with Gasteiger partial charge in [0.2, 0.25) is 5.91 Å². The van der Waals surface area contributed by atoms with Crippen LogP contribution in [0.5, 0.6) is 0 Å². The van der Waals surface area contributed by atoms with E-state index in [2.05, 4.69) is 0 Å². The zero-order chi connectivity index (χ0) is 5.44. The lowest BCUT2D eigenvalue weighted by atomic mass is 10.1. The molecule has 1 heterocycles. The Morgan fingerprint density at radius 3 is 2.57 bits per heavy atom. The third-order valence-corrected chi connectivity index (χ3v) is 1.62. The van der Waals surface area contributed by atoms with Crippen molar-refractivity contribution < 1.29 is 4.79 Å². The molecule has 1 rings (SSSR count). The minimum absolute atomic E-state index is 0.0363. The quantitative estimate of drug-likeness (QED) is 0.341. The van der Waals surface area contributed by atoms with Crippen LogP contribution in [0.3, 0.4) is 0 Å². The highest BCUT2D eigenvalue weighted by Gasteiger charge is 2.30. The van der Waals surface area contributed by atoms with Gasteiger partial charge in [0.1, 0.15) is 0 Å². The van der Waals surface area contributed by atoms with Gasteiger partial charge in [0.15, 0.2) is 0 Å². The van der Waals surface area contributed by atoms with Crippen LogP contribution in [0.25, 0.3) is 0 Å². The van der Waals surface area contributed by atoms with Gasteiger partial charge in [-0.05, 0) is 6.92 Å². The van der Waals surface area contributed by atoms with Crippen LogP contribution in [-0.2, 0) is 4.79 Å². The fraction of sp³-hybridized carbons (Fsp3) is 0.750. The molecule has 1 aliphatic rings. The van der Waals surface area contributed by atoms with Gasteiger partial charge in [-0.25, -0.2) is 0 Å². The normalized spacial score (nSPS) is 30.3. The zero-order valence-electron chi connectivity index (χ0n) is 4.02. The molecule has 1 saturated heterocycles. The second kappa shape index (κ2) is 1.37. The van der Waals surface area contributed by atoms with Crippen LogP contribution in [0.4, 0.5) is 0 Å². The highest BCUT2D eigenvalue weighted by molar-refractivity contribution is 6.23. The van der Waals surface area contributed by atoms with Gasteiger partial charge in [0.25, 0.3) is 0 Å². The van der Waals surface area contributed by atoms with Crippen molar-refractivity contribution in [3.63, 3.8) is 0 Å². The van der Waals surface area contributed by atoms with E-state index in [-0.39, 0.29) is 11.9 Å². The van der Waals surface area contributed by atoms with E-state index in [1.807, 2.05) is 6.92 Å². The van der Waals surface area contributed by atoms with Gasteiger partial charge in [-0.3, -0.25) is 9.21 Å². The standard InChI is InChI=1S/C4H6ClNO/c1-3-2-4(7)6(3)5/h3H,2H2,1H3/t3-/m1/s1. The van der Waals surface area contributed by atoms with Crippen LogP contribution in [0.1, 0.15) is 13.3 Å². The Labute approximate surface area is 47.2 Å². The van der Waals surface area contributed by atoms with Gasteiger partial charge in [0, 0.05) is 18.2 Å². The van der Waals surface area contributed by atoms with Crippen LogP contribution in [0, 0.1) is 0 Å². The Morgan fingerprint density at radius 2 is 2.57 bits per heavy atom. The second-order valence-electron chi connectivity index (χ2n) is 1.76. The molecule has 0 aromatic heterocycles. The number of amides is 1. The molecule has 0 unspecified atom stereocenters. The molecule has 40 valence electrons. The van der Waals surface area contributed by atoms with E-state index in [1.165, 1.54) is 4.42 Å². The number of β-lactam (4-membered cyclic amide) rings is 1. The zero-order valence-corrected chi connectivity index (χ0v) is 4.77. The Morgan fingerprint density at radius 1 is 2.00 bits per heavy atom. The minimum Gasteiger partial charge on any atom is -0.273 e. The fourth-order valence-electron chi connectivity index (χ4n) is 0.553. The highest BCUT2D eigenvalue weighted by Crippen LogP contribution is 2.19. The van der Waals surface area contributed by atoms with Crippen LogP contribution in [-0.4, -0.2) is 16.4 Å². The summed E-state index contributed by atoms with van der Waals surface area (Å²) in [6.45, 7) is 1.91. The van der Waals surface area contributed by atoms with Crippen molar-refractivity contribution in [1.82, 2.24) is 4.42 Å². The monoisotopic (exact) mass is 119 g/mol. The summed E-state index contributed by atoms with van der Waals surface area (Å²) in [6, 6.07) is 0.258. The molecule has 0 aromatic rings. The highest BCUT2D eigenvalue weighted by atomic mass is 35.5. The largest absolute Gasteiger partial charge is 0.273 e. The lowest BCUT2D eigenvalue weighted by Crippen LogP contribution is -2.43. The number of rotatable bonds is 0. The Bertz CT molecular complexity index is 104. The molecule has 2 nitrogen and oxygen atoms in total. The summed E-state index contributed by atoms with van der Waals surface area (Å²) >= 11 is 5.33. The molecule has 0 radical (unpaired) electrons. The molecule has 0 N–H and O–H groups in total. The predicted molar refractivity (Wildman–Crippen MR) is 26.8 cm³/mol. The second-order valence-corrected chi connectivity index (χ2v) is 2.12. The summed E-state index contributed by atoms with van der Waals surface area (Å²) in [5.41, 5.74) is 0. The molecule has 3 heteroatoms. The maximum atomic E-state index is 10.2. The predicted octanol–water partition coefficient (Wildman–Crippen LogP) is 0.761. The van der Waals surface area contributed by atoms with Crippen molar-refractivity contribution in [3.8, 4) is 0 Å². The van der Waals surface area contributed by atoms with Crippen LogP contribution in [0.15, 0.2) is 0 Å². The van der Waals surface area contributed by atoms with Crippen LogP contribution < -0.4 is 0 Å². The van der Waals surface area contributed by atoms with E-state index in [4.69, 9.17) is 11.8 Å². The van der Waals surface area contributed by atoms with Crippen molar-refractivity contribution in [2.75, 3.05) is 0 Å². The Balaban J connectivity index is 2.43. The van der Waals surface area contributed by atoms with Crippen molar-refractivity contribution >= 4 is 17.7 Å². The topological polar surface area (TPSA) is 20.3 Å². The van der Waals surface area contributed by atoms with E-state index in [1.54, 1.807) is 0 Å². The van der Waals surface area contributed by atoms with Crippen molar-refractivity contribution in [2.45, 2.75) is 19.4 Å². The molecular weight excluding hydrogens is 114 g/mol. The van der Waals surface area contributed by atoms with Gasteiger partial charge < -0.3 is 0 Å². The molecule has 0 aromatic carbocycles. The van der Waals surface area contributed by atoms with E-state index in [0.717, 1.165) is 0 Å². The van der Waals surface area contributed by atoms with Gasteiger partial charge in [-0.2, -0.15) is 0 Å². The third-order valence-electron chi connectivity index (χ3n) is 1.10. The van der Waals surface area contributed by atoms with Gasteiger partial charge in [-0.1, -0.05) is 0 Å². The Kier molecular flexibility index (Phi) is 0.961. The summed E-state index contributed by atoms with van der Waals surface area (Å²) in [7, 11) is 0. The lowest BCUT2D eigenvalue weighted by molar-refractivity contribution is -0.136. The summed E-state index contributed by atoms with van der Waals surface area (Å²) in [4.78, 5) is 10.2. The van der Waals surface area contributed by atoms with E-state index < -0.39 is 0 Å². The van der Waals surface area contributed by atoms with Crippen molar-refractivity contribution in [2.24, 2.45) is 0 Å². The van der Waals surface area contributed by atoms with E-state index in [0.29, 0.717) is 6.42 Å². The first-order chi connectivity index (χ1) is 3.22. The third kappa shape index (κ3) is 0.589. The summed E-state index contributed by atoms with van der Waals surface area (Å²) in [5, 5.41) is 0. The molecule has 0 bridgehead atoms. The minimum atomic E-state index is 0.0363. The van der Waals surface area contributed by atoms with Crippen LogP contribution in [0.2, 0.25) is 0 Å². The van der Waals surface area contributed by atoms with E-state index in [9.17, 15) is 4.79 Å². The number of nitrogens with zero attached hydrogens (tertiary/aromatic N) is 1. The van der Waals surface area contributed by atoms with Gasteiger partial charge in [0.05, 0.1) is 6.04 Å². The van der Waals surface area contributed by atoms with E-state index >= 15 is 0 Å². The average Bonchev–Trinajstić information content (AvgIpc) is 1.68. The summed E-state index contributed by atoms with van der Waals surface area (Å²) in [5.74, 6) is 0.0363. The average molecular weight is 120 g/mol. The molecule has 7 heavy (non-hydrogen) atoms. The molecule has 0 spiro atoms. The maximum Gasteiger partial charge on any atom is 0.239 e.